The Morgan fingerprint density at radius 2 is 1.31 bits per heavy atom. The summed E-state index contributed by atoms with van der Waals surface area (Å²) in [7, 11) is 0. The van der Waals surface area contributed by atoms with Gasteiger partial charge >= 0.3 is 11.9 Å². The summed E-state index contributed by atoms with van der Waals surface area (Å²) in [6, 6.07) is 0. The van der Waals surface area contributed by atoms with E-state index in [2.05, 4.69) is 23.6 Å². The summed E-state index contributed by atoms with van der Waals surface area (Å²) in [5.41, 5.74) is 10.1. The fourth-order valence-electron chi connectivity index (χ4n) is 7.89. The number of nitrogens with zero attached hydrogens (tertiary/aromatic N) is 8. The van der Waals surface area contributed by atoms with Gasteiger partial charge in [-0.2, -0.15) is 0 Å². The monoisotopic (exact) mass is 734 g/mol. The molecular formula is C42H54N8O4. The van der Waals surface area contributed by atoms with Crippen LogP contribution in [0.4, 0.5) is 11.4 Å². The molecule has 286 valence electrons. The van der Waals surface area contributed by atoms with E-state index in [1.165, 1.54) is 27.9 Å². The summed E-state index contributed by atoms with van der Waals surface area (Å²) in [4.78, 5) is 60.4. The summed E-state index contributed by atoms with van der Waals surface area (Å²) < 4.78 is 11.7. The molecule has 0 N–H and O–H groups in total. The SMILES string of the molecule is CCN=C1[C@@H](c2ncc(OC(=O)CC(C)(C)C)nc2C2CCN(c3c(COC(=O)CC(C)(C)C)ncc4c3C4)C2=NCC)CCN1c1c(C)ncc2c1C2. The van der Waals surface area contributed by atoms with E-state index >= 15 is 0 Å². The number of aryl methyl sites for hydroxylation is 1. The molecule has 12 heteroatoms. The van der Waals surface area contributed by atoms with Crippen molar-refractivity contribution in [3.63, 3.8) is 0 Å². The number of carbonyl (C=O) groups is 2. The second-order valence-electron chi connectivity index (χ2n) is 17.3. The second-order valence-corrected chi connectivity index (χ2v) is 17.3. The molecule has 0 saturated carbocycles. The first-order valence-electron chi connectivity index (χ1n) is 19.5. The molecule has 0 radical (unpaired) electrons. The molecule has 0 spiro atoms. The number of rotatable bonds is 11. The lowest BCUT2D eigenvalue weighted by Crippen LogP contribution is -2.31. The molecule has 54 heavy (non-hydrogen) atoms. The minimum Gasteiger partial charge on any atom is -0.459 e. The lowest BCUT2D eigenvalue weighted by Gasteiger charge is -2.26. The number of amidine groups is 2. The van der Waals surface area contributed by atoms with Gasteiger partial charge in [0.25, 0.3) is 0 Å². The van der Waals surface area contributed by atoms with E-state index in [0.29, 0.717) is 26.1 Å². The van der Waals surface area contributed by atoms with Crippen LogP contribution < -0.4 is 14.5 Å². The van der Waals surface area contributed by atoms with Crippen LogP contribution in [-0.4, -0.2) is 69.7 Å². The largest absolute Gasteiger partial charge is 0.459 e. The number of hydrogen-bond acceptors (Lipinski definition) is 10. The number of aliphatic imine (C=N–C) groups is 2. The molecule has 2 saturated heterocycles. The lowest BCUT2D eigenvalue weighted by atomic mass is 9.92. The zero-order valence-corrected chi connectivity index (χ0v) is 33.4. The molecular weight excluding hydrogens is 681 g/mol. The van der Waals surface area contributed by atoms with Gasteiger partial charge in [-0.1, -0.05) is 41.5 Å². The highest BCUT2D eigenvalue weighted by Crippen LogP contribution is 2.46. The van der Waals surface area contributed by atoms with Gasteiger partial charge in [0, 0.05) is 51.4 Å². The van der Waals surface area contributed by atoms with Crippen molar-refractivity contribution in [2.75, 3.05) is 36.0 Å². The molecule has 0 bridgehead atoms. The third-order valence-corrected chi connectivity index (χ3v) is 10.3. The Labute approximate surface area is 318 Å². The number of anilines is 2. The van der Waals surface area contributed by atoms with E-state index in [0.717, 1.165) is 72.4 Å². The first kappa shape index (κ1) is 37.6. The van der Waals surface area contributed by atoms with Crippen LogP contribution in [0.5, 0.6) is 5.88 Å². The fraction of sp³-hybridized carbons (Fsp3) is 0.571. The van der Waals surface area contributed by atoms with Crippen molar-refractivity contribution in [2.45, 2.75) is 119 Å². The van der Waals surface area contributed by atoms with Crippen LogP contribution in [0.15, 0.2) is 28.6 Å². The number of esters is 2. The second kappa shape index (κ2) is 14.5. The first-order valence-corrected chi connectivity index (χ1v) is 19.5. The molecule has 2 atom stereocenters. The Morgan fingerprint density at radius 1 is 0.759 bits per heavy atom. The Bertz CT molecular complexity index is 2040. The van der Waals surface area contributed by atoms with Crippen LogP contribution in [0.3, 0.4) is 0 Å². The van der Waals surface area contributed by atoms with Crippen LogP contribution in [0.2, 0.25) is 0 Å². The maximum atomic E-state index is 13.1. The van der Waals surface area contributed by atoms with Gasteiger partial charge in [-0.3, -0.25) is 34.5 Å². The van der Waals surface area contributed by atoms with Crippen LogP contribution in [-0.2, 0) is 33.8 Å². The van der Waals surface area contributed by atoms with Gasteiger partial charge in [-0.15, -0.1) is 0 Å². The molecule has 3 aromatic heterocycles. The zero-order chi connectivity index (χ0) is 38.5. The van der Waals surface area contributed by atoms with E-state index in [-0.39, 0.29) is 53.5 Å². The van der Waals surface area contributed by atoms with E-state index in [4.69, 9.17) is 39.4 Å². The quantitative estimate of drug-likeness (QED) is 0.130. The van der Waals surface area contributed by atoms with Crippen LogP contribution in [0.25, 0.3) is 0 Å². The molecule has 0 aromatic carbocycles. The third kappa shape index (κ3) is 7.88. The molecule has 7 rings (SSSR count). The molecule has 0 amide bonds. The average molecular weight is 735 g/mol. The average Bonchev–Trinajstić information content (AvgIpc) is 3.97. The minimum absolute atomic E-state index is 0.0918. The Kier molecular flexibility index (Phi) is 10.1. The minimum atomic E-state index is -0.343. The first-order chi connectivity index (χ1) is 25.7. The van der Waals surface area contributed by atoms with Gasteiger partial charge in [0.15, 0.2) is 0 Å². The van der Waals surface area contributed by atoms with Crippen LogP contribution >= 0.6 is 0 Å². The van der Waals surface area contributed by atoms with E-state index in [1.54, 1.807) is 6.20 Å². The Balaban J connectivity index is 1.26. The molecule has 4 aliphatic rings. The summed E-state index contributed by atoms with van der Waals surface area (Å²) >= 11 is 0. The van der Waals surface area contributed by atoms with Crippen molar-refractivity contribution in [1.29, 1.82) is 0 Å². The zero-order valence-electron chi connectivity index (χ0n) is 33.4. The smallest absolute Gasteiger partial charge is 0.313 e. The number of aromatic nitrogens is 4. The van der Waals surface area contributed by atoms with Crippen molar-refractivity contribution in [2.24, 2.45) is 20.8 Å². The van der Waals surface area contributed by atoms with Gasteiger partial charge in [-0.05, 0) is 66.7 Å². The summed E-state index contributed by atoms with van der Waals surface area (Å²) in [5, 5.41) is 0. The molecule has 1 unspecified atom stereocenters. The topological polar surface area (TPSA) is 135 Å². The number of hydrogen-bond donors (Lipinski definition) is 0. The maximum Gasteiger partial charge on any atom is 0.313 e. The molecule has 2 aliphatic carbocycles. The van der Waals surface area contributed by atoms with Gasteiger partial charge in [-0.25, -0.2) is 4.98 Å². The molecule has 5 heterocycles. The molecule has 2 fully saturated rings. The normalized spacial score (nSPS) is 20.4. The maximum absolute atomic E-state index is 13.1. The van der Waals surface area contributed by atoms with Crippen molar-refractivity contribution in [3.05, 3.63) is 63.6 Å². The number of carbonyl (C=O) groups excluding carboxylic acids is 2. The van der Waals surface area contributed by atoms with Gasteiger partial charge in [0.2, 0.25) is 5.88 Å². The van der Waals surface area contributed by atoms with Crippen LogP contribution in [0.1, 0.15) is 138 Å². The van der Waals surface area contributed by atoms with Gasteiger partial charge < -0.3 is 19.3 Å². The highest BCUT2D eigenvalue weighted by molar-refractivity contribution is 6.08. The summed E-state index contributed by atoms with van der Waals surface area (Å²) in [6.07, 6.45) is 9.38. The molecule has 3 aromatic rings. The summed E-state index contributed by atoms with van der Waals surface area (Å²) in [6.45, 7) is 21.0. The molecule has 2 aliphatic heterocycles. The number of ether oxygens (including phenoxy) is 2. The number of pyridine rings is 2. The third-order valence-electron chi connectivity index (χ3n) is 10.3. The van der Waals surface area contributed by atoms with Gasteiger partial charge in [0.05, 0.1) is 59.3 Å². The van der Waals surface area contributed by atoms with Crippen molar-refractivity contribution < 1.29 is 19.1 Å². The highest BCUT2D eigenvalue weighted by Gasteiger charge is 2.43. The van der Waals surface area contributed by atoms with Crippen LogP contribution in [0, 0.1) is 17.8 Å². The predicted molar refractivity (Wildman–Crippen MR) is 210 cm³/mol. The van der Waals surface area contributed by atoms with Crippen molar-refractivity contribution >= 4 is 35.0 Å². The fourth-order valence-corrected chi connectivity index (χ4v) is 7.89. The lowest BCUT2D eigenvalue weighted by molar-refractivity contribution is -0.147. The van der Waals surface area contributed by atoms with E-state index in [1.807, 2.05) is 60.9 Å². The van der Waals surface area contributed by atoms with E-state index < -0.39 is 0 Å². The standard InChI is InChI=1S/C42H54N8O4/c1-10-43-39-27(12-14-49(39)37-24(3)45-20-25-16-29(25)37)35-36(48-32(22-47-35)54-34(52)19-42(7,8)9)28-13-15-50(40(28)44-11-2)38-30-17-26(30)21-46-31(38)23-53-33(51)18-41(4,5)6/h20-22,27-28H,10-19,23H2,1-9H3/t27-,28?/m1/s1. The van der Waals surface area contributed by atoms with Crippen molar-refractivity contribution in [1.82, 2.24) is 19.9 Å². The van der Waals surface area contributed by atoms with E-state index in [9.17, 15) is 9.59 Å². The van der Waals surface area contributed by atoms with Crippen molar-refractivity contribution in [3.8, 4) is 5.88 Å². The van der Waals surface area contributed by atoms with Gasteiger partial charge in [0.1, 0.15) is 24.0 Å². The Hall–Kier alpha value is -4.74. The Morgan fingerprint density at radius 3 is 1.93 bits per heavy atom. The highest BCUT2D eigenvalue weighted by atomic mass is 16.5. The number of fused-ring (bicyclic) bond motifs is 2. The molecule has 12 nitrogen and oxygen atoms in total. The predicted octanol–water partition coefficient (Wildman–Crippen LogP) is 7.03. The summed E-state index contributed by atoms with van der Waals surface area (Å²) in [5.74, 6) is 1.10.